The Morgan fingerprint density at radius 1 is 0.429 bits per heavy atom. The molecule has 0 heterocycles. The Balaban J connectivity index is -0.00000162. The van der Waals surface area contributed by atoms with Crippen LogP contribution in [0.25, 0.3) is 0 Å². The third-order valence-corrected chi connectivity index (χ3v) is 9.66. The Labute approximate surface area is 154 Å². The van der Waals surface area contributed by atoms with E-state index in [1.54, 1.807) is 0 Å². The summed E-state index contributed by atoms with van der Waals surface area (Å²) in [5, 5.41) is 63.3. The Kier molecular flexibility index (Phi) is 7.18. The van der Waals surface area contributed by atoms with E-state index in [4.69, 9.17) is 0 Å². The van der Waals surface area contributed by atoms with Crippen LogP contribution < -0.4 is 59.1 Å². The first-order valence-corrected chi connectivity index (χ1v) is 7.48. The molecule has 0 amide bonds. The van der Waals surface area contributed by atoms with Crippen LogP contribution in [0.3, 0.4) is 0 Å². The summed E-state index contributed by atoms with van der Waals surface area (Å²) in [6.07, 6.45) is 0. The molecule has 0 aliphatic heterocycles. The van der Waals surface area contributed by atoms with Gasteiger partial charge in [-0.25, -0.2) is 0 Å². The largest absolute Gasteiger partial charge is 1.00 e. The number of hydrogen-bond acceptors (Lipinski definition) is 12. The van der Waals surface area contributed by atoms with Gasteiger partial charge in [-0.2, -0.15) is 0 Å². The van der Waals surface area contributed by atoms with Crippen molar-refractivity contribution in [3.8, 4) is 0 Å². The van der Waals surface area contributed by atoms with Crippen LogP contribution in [0.1, 0.15) is 0 Å². The molecular formula is N6Na2O12Rh. The summed E-state index contributed by atoms with van der Waals surface area (Å²) in [5.41, 5.74) is 0. The minimum Gasteiger partial charge on any atom is 1.00 e. The van der Waals surface area contributed by atoms with E-state index in [1.165, 1.54) is 0 Å². The number of nitrogens with zero attached hydrogens (tertiary/aromatic N) is 6. The average molecular weight is 425 g/mol. The first-order chi connectivity index (χ1) is 8.34. The normalized spacial score (nSPS) is 13.1. The van der Waals surface area contributed by atoms with Gasteiger partial charge in [-0.05, 0) is 0 Å². The van der Waals surface area contributed by atoms with Gasteiger partial charge in [-0.1, -0.05) is 0 Å². The molecule has 0 atom stereocenters. The molecule has 0 radical (unpaired) electrons. The van der Waals surface area contributed by atoms with Crippen LogP contribution in [-0.2, 0) is 13.9 Å². The Morgan fingerprint density at radius 2 is 0.524 bits per heavy atom. The number of rotatable bonds is 6. The molecule has 0 aliphatic rings. The van der Waals surface area contributed by atoms with Crippen LogP contribution in [0.15, 0.2) is 0 Å². The SMILES string of the molecule is O=[N+]([O-])[Rh-2]([N+](=O)[O-])([N+](=O)[O-])([N+](=O)[O-])([N+](=O)[O-])[N+](=O)[O-].[Na+].[Na+]. The van der Waals surface area contributed by atoms with Crippen LogP contribution in [0.5, 0.6) is 0 Å². The van der Waals surface area contributed by atoms with Crippen molar-refractivity contribution < 1.29 is 95.0 Å². The van der Waals surface area contributed by atoms with Crippen LogP contribution >= 0.6 is 0 Å². The van der Waals surface area contributed by atoms with E-state index >= 15 is 0 Å². The molecule has 0 fully saturated rings. The summed E-state index contributed by atoms with van der Waals surface area (Å²) >= 11 is -10.8. The molecule has 21 heteroatoms. The average Bonchev–Trinajstić information content (AvgIpc) is 2.15. The molecule has 0 spiro atoms. The monoisotopic (exact) mass is 425 g/mol. The summed E-state index contributed by atoms with van der Waals surface area (Å²) in [6.45, 7) is 0. The second-order valence-electron chi connectivity index (χ2n) is 2.18. The molecule has 0 aromatic heterocycles. The predicted molar refractivity (Wildman–Crippen MR) is 42.0 cm³/mol. The van der Waals surface area contributed by atoms with Crippen molar-refractivity contribution in [1.82, 2.24) is 0 Å². The van der Waals surface area contributed by atoms with E-state index in [2.05, 4.69) is 0 Å². The molecule has 0 rings (SSSR count). The molecule has 0 saturated carbocycles. The standard InChI is InChI=1S/6NO2.2Na.Rh/c6*2-1-3;;;/q;;;;;;2*+1;-2. The maximum Gasteiger partial charge on any atom is 1.00 e. The van der Waals surface area contributed by atoms with E-state index in [0.29, 0.717) is 0 Å². The third-order valence-electron chi connectivity index (χ3n) is 1.63. The van der Waals surface area contributed by atoms with Gasteiger partial charge in [-0.3, -0.25) is 0 Å². The Bertz CT molecular complexity index is 435. The van der Waals surface area contributed by atoms with Crippen molar-refractivity contribution in [3.63, 3.8) is 0 Å². The minimum absolute atomic E-state index is 0. The van der Waals surface area contributed by atoms with E-state index in [-0.39, 0.29) is 59.1 Å². The molecular weight excluding hydrogens is 425 g/mol. The van der Waals surface area contributed by atoms with Crippen molar-refractivity contribution >= 4 is 0 Å². The molecule has 0 bridgehead atoms. The van der Waals surface area contributed by atoms with E-state index < -0.39 is 35.9 Å². The van der Waals surface area contributed by atoms with E-state index in [0.717, 1.165) is 0 Å². The quantitative estimate of drug-likeness (QED) is 0.218. The van der Waals surface area contributed by atoms with Crippen molar-refractivity contribution in [1.29, 1.82) is 0 Å². The summed E-state index contributed by atoms with van der Waals surface area (Å²) in [5.74, 6) is 0. The minimum atomic E-state index is -10.8. The fourth-order valence-electron chi connectivity index (χ4n) is 0.667. The zero-order chi connectivity index (χ0) is 15.9. The molecule has 0 aromatic carbocycles. The van der Waals surface area contributed by atoms with Crippen LogP contribution in [0, 0.1) is 60.7 Å². The molecule has 21 heavy (non-hydrogen) atoms. The molecule has 0 N–H and O–H groups in total. The summed E-state index contributed by atoms with van der Waals surface area (Å²) < 4.78 is -19.4. The van der Waals surface area contributed by atoms with E-state index in [9.17, 15) is 60.7 Å². The summed E-state index contributed by atoms with van der Waals surface area (Å²) in [6, 6.07) is 0. The van der Waals surface area contributed by atoms with Gasteiger partial charge in [0.2, 0.25) is 0 Å². The maximum absolute atomic E-state index is 10.8. The summed E-state index contributed by atoms with van der Waals surface area (Å²) in [7, 11) is 0. The molecule has 0 aliphatic carbocycles. The van der Waals surface area contributed by atoms with Gasteiger partial charge in [0.05, 0.1) is 0 Å². The van der Waals surface area contributed by atoms with Gasteiger partial charge < -0.3 is 0 Å². The molecule has 0 unspecified atom stereocenters. The first kappa shape index (κ1) is 25.0. The topological polar surface area (TPSA) is 259 Å². The van der Waals surface area contributed by atoms with Crippen LogP contribution in [-0.4, -0.2) is 22.0 Å². The molecule has 18 nitrogen and oxygen atoms in total. The zero-order valence-corrected chi connectivity index (χ0v) is 15.6. The fraction of sp³-hybridized carbons (Fsp3) is 0. The summed E-state index contributed by atoms with van der Waals surface area (Å²) in [4.78, 5) is 63.3. The van der Waals surface area contributed by atoms with Gasteiger partial charge in [-0.15, -0.1) is 0 Å². The molecule has 0 saturated heterocycles. The second kappa shape index (κ2) is 6.03. The Morgan fingerprint density at radius 3 is 0.524 bits per heavy atom. The van der Waals surface area contributed by atoms with Gasteiger partial charge in [0.15, 0.2) is 0 Å². The second-order valence-corrected chi connectivity index (χ2v) is 10.7. The number of nitro groups is 6. The number of hydrogen-bond donors (Lipinski definition) is 0. The predicted octanol–water partition coefficient (Wildman–Crippen LogP) is -7.63. The maximum atomic E-state index is 10.5. The Hall–Kier alpha value is -0.977. The van der Waals surface area contributed by atoms with E-state index in [1.807, 2.05) is 0 Å². The van der Waals surface area contributed by atoms with Crippen molar-refractivity contribution in [2.24, 2.45) is 0 Å². The zero-order valence-electron chi connectivity index (χ0n) is 9.92. The van der Waals surface area contributed by atoms with Gasteiger partial charge >= 0.3 is 156 Å². The van der Waals surface area contributed by atoms with Gasteiger partial charge in [0, 0.05) is 0 Å². The molecule has 113 valence electrons. The fourth-order valence-corrected chi connectivity index (χ4v) is 3.94. The van der Waals surface area contributed by atoms with Crippen molar-refractivity contribution in [2.75, 3.05) is 0 Å². The van der Waals surface area contributed by atoms with Gasteiger partial charge in [0.1, 0.15) is 0 Å². The molecule has 0 aromatic rings. The van der Waals surface area contributed by atoms with Crippen LogP contribution in [0.2, 0.25) is 0 Å². The van der Waals surface area contributed by atoms with Crippen LogP contribution in [0.4, 0.5) is 0 Å². The van der Waals surface area contributed by atoms with Crippen molar-refractivity contribution in [3.05, 3.63) is 60.7 Å². The third kappa shape index (κ3) is 1.58. The smallest absolute Gasteiger partial charge is 1.00 e. The first-order valence-electron chi connectivity index (χ1n) is 3.09. The van der Waals surface area contributed by atoms with Gasteiger partial charge in [0.25, 0.3) is 0 Å². The van der Waals surface area contributed by atoms with Crippen molar-refractivity contribution in [2.45, 2.75) is 0 Å².